The molecule has 1 aromatic heterocycles. The topological polar surface area (TPSA) is 79.3 Å². The molecule has 7 heteroatoms. The van der Waals surface area contributed by atoms with Crippen molar-refractivity contribution < 1.29 is 19.1 Å². The summed E-state index contributed by atoms with van der Waals surface area (Å²) in [5.74, 6) is -1.99. The molecule has 1 atom stereocenters. The molecule has 1 heterocycles. The van der Waals surface area contributed by atoms with Gasteiger partial charge in [0, 0.05) is 12.6 Å². The summed E-state index contributed by atoms with van der Waals surface area (Å²) < 4.78 is 12.8. The Hall–Kier alpha value is -2.47. The molecular formula is C16H14ClFN2O3. The zero-order valence-corrected chi connectivity index (χ0v) is 12.8. The SMILES string of the molecule is O=C(Cc1ccc(F)cc1)N[C@H](Cc1ccc(Cl)nc1)C(=O)O. The van der Waals surface area contributed by atoms with E-state index in [-0.39, 0.29) is 12.8 Å². The van der Waals surface area contributed by atoms with E-state index in [0.29, 0.717) is 16.3 Å². The molecule has 0 saturated heterocycles. The molecule has 0 radical (unpaired) electrons. The van der Waals surface area contributed by atoms with Crippen LogP contribution in [0.2, 0.25) is 5.15 Å². The number of aromatic nitrogens is 1. The molecule has 0 aliphatic heterocycles. The minimum absolute atomic E-state index is 0.0249. The first-order valence-corrected chi connectivity index (χ1v) is 7.19. The number of rotatable bonds is 6. The van der Waals surface area contributed by atoms with E-state index in [1.165, 1.54) is 30.5 Å². The predicted molar refractivity (Wildman–Crippen MR) is 82.6 cm³/mol. The van der Waals surface area contributed by atoms with E-state index in [0.717, 1.165) is 0 Å². The Morgan fingerprint density at radius 1 is 1.17 bits per heavy atom. The molecule has 0 spiro atoms. The van der Waals surface area contributed by atoms with Crippen LogP contribution in [0.15, 0.2) is 42.6 Å². The molecule has 5 nitrogen and oxygen atoms in total. The second-order valence-corrected chi connectivity index (χ2v) is 5.34. The van der Waals surface area contributed by atoms with E-state index in [9.17, 15) is 19.1 Å². The van der Waals surface area contributed by atoms with Gasteiger partial charge in [0.2, 0.25) is 5.91 Å². The Balaban J connectivity index is 1.98. The fourth-order valence-corrected chi connectivity index (χ4v) is 2.11. The Labute approximate surface area is 137 Å². The minimum atomic E-state index is -1.15. The number of carboxylic acids is 1. The summed E-state index contributed by atoms with van der Waals surface area (Å²) in [5, 5.41) is 12.0. The number of pyridine rings is 1. The Morgan fingerprint density at radius 2 is 1.83 bits per heavy atom. The summed E-state index contributed by atoms with van der Waals surface area (Å²) in [4.78, 5) is 27.1. The van der Waals surface area contributed by atoms with Crippen LogP contribution in [0, 0.1) is 5.82 Å². The number of halogens is 2. The number of carboxylic acid groups (broad SMARTS) is 1. The van der Waals surface area contributed by atoms with Gasteiger partial charge >= 0.3 is 5.97 Å². The van der Waals surface area contributed by atoms with Crippen LogP contribution >= 0.6 is 11.6 Å². The van der Waals surface area contributed by atoms with Crippen LogP contribution in [-0.4, -0.2) is 28.0 Å². The number of nitrogens with one attached hydrogen (secondary N) is 1. The lowest BCUT2D eigenvalue weighted by molar-refractivity contribution is -0.141. The number of aliphatic carboxylic acids is 1. The molecule has 120 valence electrons. The van der Waals surface area contributed by atoms with E-state index in [4.69, 9.17) is 11.6 Å². The molecule has 2 aromatic rings. The number of nitrogens with zero attached hydrogens (tertiary/aromatic N) is 1. The second kappa shape index (κ2) is 7.69. The minimum Gasteiger partial charge on any atom is -0.480 e. The third-order valence-electron chi connectivity index (χ3n) is 3.14. The zero-order valence-electron chi connectivity index (χ0n) is 12.0. The molecular weight excluding hydrogens is 323 g/mol. The van der Waals surface area contributed by atoms with Crippen LogP contribution < -0.4 is 5.32 Å². The third kappa shape index (κ3) is 5.34. The highest BCUT2D eigenvalue weighted by Crippen LogP contribution is 2.08. The monoisotopic (exact) mass is 336 g/mol. The molecule has 0 bridgehead atoms. The number of hydrogen-bond donors (Lipinski definition) is 2. The normalized spacial score (nSPS) is 11.7. The maximum atomic E-state index is 12.8. The maximum absolute atomic E-state index is 12.8. The van der Waals surface area contributed by atoms with Crippen LogP contribution in [0.3, 0.4) is 0 Å². The maximum Gasteiger partial charge on any atom is 0.326 e. The number of carbonyl (C=O) groups excluding carboxylic acids is 1. The lowest BCUT2D eigenvalue weighted by atomic mass is 10.1. The van der Waals surface area contributed by atoms with Crippen LogP contribution in [-0.2, 0) is 22.4 Å². The molecule has 23 heavy (non-hydrogen) atoms. The first-order valence-electron chi connectivity index (χ1n) is 6.81. The molecule has 0 aliphatic rings. The Bertz CT molecular complexity index is 689. The van der Waals surface area contributed by atoms with Crippen molar-refractivity contribution in [1.82, 2.24) is 10.3 Å². The van der Waals surface area contributed by atoms with Crippen molar-refractivity contribution in [1.29, 1.82) is 0 Å². The van der Waals surface area contributed by atoms with Crippen molar-refractivity contribution in [2.45, 2.75) is 18.9 Å². The van der Waals surface area contributed by atoms with Crippen molar-refractivity contribution in [2.75, 3.05) is 0 Å². The molecule has 1 amide bonds. The highest BCUT2D eigenvalue weighted by Gasteiger charge is 2.20. The summed E-state index contributed by atoms with van der Waals surface area (Å²) in [6.45, 7) is 0. The summed E-state index contributed by atoms with van der Waals surface area (Å²) >= 11 is 5.67. The molecule has 0 unspecified atom stereocenters. The van der Waals surface area contributed by atoms with Gasteiger partial charge in [-0.1, -0.05) is 29.8 Å². The van der Waals surface area contributed by atoms with E-state index in [1.807, 2.05) is 0 Å². The van der Waals surface area contributed by atoms with Crippen molar-refractivity contribution in [3.8, 4) is 0 Å². The first-order chi connectivity index (χ1) is 10.9. The van der Waals surface area contributed by atoms with Crippen LogP contribution in [0.4, 0.5) is 4.39 Å². The predicted octanol–water partition coefficient (Wildman–Crippen LogP) is 2.23. The van der Waals surface area contributed by atoms with Gasteiger partial charge in [-0.25, -0.2) is 14.2 Å². The van der Waals surface area contributed by atoms with Gasteiger partial charge in [-0.05, 0) is 29.3 Å². The number of carbonyl (C=O) groups is 2. The van der Waals surface area contributed by atoms with Crippen molar-refractivity contribution in [3.63, 3.8) is 0 Å². The van der Waals surface area contributed by atoms with Gasteiger partial charge in [-0.2, -0.15) is 0 Å². The highest BCUT2D eigenvalue weighted by atomic mass is 35.5. The van der Waals surface area contributed by atoms with Gasteiger partial charge in [-0.3, -0.25) is 4.79 Å². The average Bonchev–Trinajstić information content (AvgIpc) is 2.51. The van der Waals surface area contributed by atoms with Crippen molar-refractivity contribution >= 4 is 23.5 Å². The summed E-state index contributed by atoms with van der Waals surface area (Å²) in [6.07, 6.45) is 1.53. The Kier molecular flexibility index (Phi) is 5.65. The molecule has 0 aliphatic carbocycles. The fraction of sp³-hybridized carbons (Fsp3) is 0.188. The second-order valence-electron chi connectivity index (χ2n) is 4.95. The molecule has 1 aromatic carbocycles. The van der Waals surface area contributed by atoms with E-state index >= 15 is 0 Å². The van der Waals surface area contributed by atoms with Crippen LogP contribution in [0.1, 0.15) is 11.1 Å². The van der Waals surface area contributed by atoms with Crippen LogP contribution in [0.25, 0.3) is 0 Å². The smallest absolute Gasteiger partial charge is 0.326 e. The lowest BCUT2D eigenvalue weighted by Gasteiger charge is -2.14. The molecule has 2 N–H and O–H groups in total. The van der Waals surface area contributed by atoms with Gasteiger partial charge in [0.25, 0.3) is 0 Å². The number of hydrogen-bond acceptors (Lipinski definition) is 3. The number of benzene rings is 1. The van der Waals surface area contributed by atoms with Gasteiger partial charge in [0.05, 0.1) is 6.42 Å². The molecule has 2 rings (SSSR count). The van der Waals surface area contributed by atoms with Crippen LogP contribution in [0.5, 0.6) is 0 Å². The summed E-state index contributed by atoms with van der Waals surface area (Å²) in [5.41, 5.74) is 1.24. The molecule has 0 saturated carbocycles. The third-order valence-corrected chi connectivity index (χ3v) is 3.36. The first kappa shape index (κ1) is 16.9. The summed E-state index contributed by atoms with van der Waals surface area (Å²) in [7, 11) is 0. The lowest BCUT2D eigenvalue weighted by Crippen LogP contribution is -2.43. The highest BCUT2D eigenvalue weighted by molar-refractivity contribution is 6.29. The molecule has 0 fully saturated rings. The van der Waals surface area contributed by atoms with E-state index < -0.39 is 23.7 Å². The fourth-order valence-electron chi connectivity index (χ4n) is 2.00. The van der Waals surface area contributed by atoms with Gasteiger partial charge in [0.1, 0.15) is 17.0 Å². The Morgan fingerprint density at radius 3 is 2.39 bits per heavy atom. The average molecular weight is 337 g/mol. The standard InChI is InChI=1S/C16H14ClFN2O3/c17-14-6-3-11(9-19-14)7-13(16(22)23)20-15(21)8-10-1-4-12(18)5-2-10/h1-6,9,13H,7-8H2,(H,20,21)(H,22,23)/t13-/m1/s1. The largest absolute Gasteiger partial charge is 0.480 e. The van der Waals surface area contributed by atoms with Crippen molar-refractivity contribution in [2.24, 2.45) is 0 Å². The van der Waals surface area contributed by atoms with E-state index in [1.54, 1.807) is 12.1 Å². The van der Waals surface area contributed by atoms with Gasteiger partial charge < -0.3 is 10.4 Å². The number of amides is 1. The van der Waals surface area contributed by atoms with Gasteiger partial charge in [-0.15, -0.1) is 0 Å². The quantitative estimate of drug-likeness (QED) is 0.793. The summed E-state index contributed by atoms with van der Waals surface area (Å²) in [6, 6.07) is 7.58. The van der Waals surface area contributed by atoms with Gasteiger partial charge in [0.15, 0.2) is 0 Å². The van der Waals surface area contributed by atoms with E-state index in [2.05, 4.69) is 10.3 Å². The van der Waals surface area contributed by atoms with Crippen molar-refractivity contribution in [3.05, 3.63) is 64.7 Å². The zero-order chi connectivity index (χ0) is 16.8.